The number of carbonyl (C=O) groups excluding carboxylic acids is 2. The lowest BCUT2D eigenvalue weighted by Crippen LogP contribution is -2.48. The number of hydrogen-bond donors (Lipinski definition) is 4. The van der Waals surface area contributed by atoms with Crippen LogP contribution in [-0.4, -0.2) is 91.3 Å². The van der Waals surface area contributed by atoms with Crippen molar-refractivity contribution in [1.82, 2.24) is 19.8 Å². The Morgan fingerprint density at radius 3 is 2.10 bits per heavy atom. The molecule has 1 saturated carbocycles. The van der Waals surface area contributed by atoms with Crippen molar-refractivity contribution in [3.05, 3.63) is 65.1 Å². The SMILES string of the molecule is O=C1CC2(CCCC2)CC(=O)N1CCCCN1CCN(c2ncccn2)CC1.O=c1cc(-c2ccc(O)c(O)c2)oc2cc(O)cc(O)c12. The van der Waals surface area contributed by atoms with E-state index in [2.05, 4.69) is 19.8 Å². The first-order valence-corrected chi connectivity index (χ1v) is 16.7. The van der Waals surface area contributed by atoms with Gasteiger partial charge < -0.3 is 29.7 Å². The maximum Gasteiger partial charge on any atom is 0.229 e. The zero-order valence-electron chi connectivity index (χ0n) is 27.3. The fourth-order valence-corrected chi connectivity index (χ4v) is 7.07. The van der Waals surface area contributed by atoms with E-state index < -0.39 is 5.43 Å². The van der Waals surface area contributed by atoms with Gasteiger partial charge in [0.05, 0.1) is 0 Å². The summed E-state index contributed by atoms with van der Waals surface area (Å²) in [6.07, 6.45) is 11.1. The summed E-state index contributed by atoms with van der Waals surface area (Å²) in [5, 5.41) is 37.9. The smallest absolute Gasteiger partial charge is 0.229 e. The van der Waals surface area contributed by atoms with Crippen LogP contribution in [0, 0.1) is 5.41 Å². The predicted molar refractivity (Wildman–Crippen MR) is 181 cm³/mol. The van der Waals surface area contributed by atoms with Crippen molar-refractivity contribution in [1.29, 1.82) is 0 Å². The number of piperazine rings is 1. The number of aromatic nitrogens is 2. The van der Waals surface area contributed by atoms with E-state index in [1.165, 1.54) is 42.0 Å². The minimum absolute atomic E-state index is 0.00676. The van der Waals surface area contributed by atoms with Gasteiger partial charge in [0.25, 0.3) is 0 Å². The molecule has 2 aliphatic heterocycles. The van der Waals surface area contributed by atoms with Gasteiger partial charge in [0.15, 0.2) is 16.9 Å². The summed E-state index contributed by atoms with van der Waals surface area (Å²) >= 11 is 0. The first kappa shape index (κ1) is 33.7. The third-order valence-corrected chi connectivity index (χ3v) is 9.69. The standard InChI is InChI=1S/C21H31N5O2.C15H10O6/c27-18-16-21(6-1-2-7-21)17-19(28)26(18)11-4-3-10-24-12-14-25(15-13-24)20-22-8-5-9-23-20;16-8-4-11(19)15-12(20)6-13(21-14(15)5-8)7-1-2-9(17)10(18)3-7/h5,8-9H,1-4,6-7,10-17H2;1-6,16-19H. The fraction of sp³-hybridized carbons (Fsp3) is 0.417. The van der Waals surface area contributed by atoms with E-state index in [0.29, 0.717) is 24.9 Å². The Morgan fingerprint density at radius 2 is 1.43 bits per heavy atom. The van der Waals surface area contributed by atoms with E-state index in [0.717, 1.165) is 76.5 Å². The van der Waals surface area contributed by atoms with Gasteiger partial charge in [0.2, 0.25) is 17.8 Å². The van der Waals surface area contributed by atoms with Crippen molar-refractivity contribution < 1.29 is 34.4 Å². The molecule has 3 aliphatic rings. The first-order chi connectivity index (χ1) is 23.6. The van der Waals surface area contributed by atoms with Gasteiger partial charge in [0, 0.05) is 81.7 Å². The Balaban J connectivity index is 0.000000177. The van der Waals surface area contributed by atoms with Crippen molar-refractivity contribution in [2.45, 2.75) is 51.4 Å². The van der Waals surface area contributed by atoms with Crippen LogP contribution in [0.15, 0.2) is 64.1 Å². The number of unbranched alkanes of at least 4 members (excludes halogenated alkanes) is 1. The van der Waals surface area contributed by atoms with Gasteiger partial charge in [-0.3, -0.25) is 24.2 Å². The highest BCUT2D eigenvalue weighted by Gasteiger charge is 2.44. The fourth-order valence-electron chi connectivity index (χ4n) is 7.07. The number of phenolic OH excluding ortho intramolecular Hbond substituents is 4. The number of benzene rings is 2. The van der Waals surface area contributed by atoms with Gasteiger partial charge in [-0.1, -0.05) is 12.8 Å². The Hall–Kier alpha value is -5.17. The summed E-state index contributed by atoms with van der Waals surface area (Å²) in [6.45, 7) is 5.49. The van der Waals surface area contributed by atoms with E-state index in [9.17, 15) is 34.8 Å². The maximum atomic E-state index is 12.5. The van der Waals surface area contributed by atoms with Gasteiger partial charge in [0.1, 0.15) is 28.2 Å². The maximum absolute atomic E-state index is 12.5. The molecule has 4 heterocycles. The Labute approximate surface area is 283 Å². The second-order valence-corrected chi connectivity index (χ2v) is 13.1. The molecule has 2 saturated heterocycles. The molecule has 3 fully saturated rings. The molecular formula is C36H41N5O8. The number of likely N-dealkylation sites (tertiary alicyclic amines) is 1. The monoisotopic (exact) mass is 671 g/mol. The number of piperidine rings is 1. The minimum Gasteiger partial charge on any atom is -0.508 e. The van der Waals surface area contributed by atoms with Gasteiger partial charge in [-0.25, -0.2) is 9.97 Å². The number of rotatable bonds is 7. The summed E-state index contributed by atoms with van der Waals surface area (Å²) < 4.78 is 5.47. The average molecular weight is 672 g/mol. The molecule has 1 spiro atoms. The quantitative estimate of drug-likeness (QED) is 0.124. The number of anilines is 1. The lowest BCUT2D eigenvalue weighted by Gasteiger charge is -2.37. The van der Waals surface area contributed by atoms with E-state index in [1.807, 2.05) is 6.07 Å². The van der Waals surface area contributed by atoms with Gasteiger partial charge in [-0.05, 0) is 61.9 Å². The topological polar surface area (TPSA) is 181 Å². The summed E-state index contributed by atoms with van der Waals surface area (Å²) in [7, 11) is 0. The number of aromatic hydroxyl groups is 4. The molecule has 13 nitrogen and oxygen atoms in total. The van der Waals surface area contributed by atoms with Crippen LogP contribution in [0.5, 0.6) is 23.0 Å². The molecule has 13 heteroatoms. The molecule has 0 radical (unpaired) electrons. The van der Waals surface area contributed by atoms with Gasteiger partial charge >= 0.3 is 0 Å². The number of carbonyl (C=O) groups is 2. The molecule has 1 aliphatic carbocycles. The molecule has 4 N–H and O–H groups in total. The third-order valence-electron chi connectivity index (χ3n) is 9.69. The van der Waals surface area contributed by atoms with Crippen LogP contribution in [0.1, 0.15) is 51.4 Å². The number of imide groups is 1. The average Bonchev–Trinajstić information content (AvgIpc) is 3.52. The summed E-state index contributed by atoms with van der Waals surface area (Å²) in [6, 6.07) is 9.21. The number of nitrogens with zero attached hydrogens (tertiary/aromatic N) is 5. The third kappa shape index (κ3) is 7.78. The van der Waals surface area contributed by atoms with Crippen LogP contribution >= 0.6 is 0 Å². The molecule has 7 rings (SSSR count). The van der Waals surface area contributed by atoms with Crippen molar-refractivity contribution in [2.24, 2.45) is 5.41 Å². The lowest BCUT2D eigenvalue weighted by molar-refractivity contribution is -0.153. The summed E-state index contributed by atoms with van der Waals surface area (Å²) in [5.41, 5.74) is -0.0988. The number of fused-ring (bicyclic) bond motifs is 1. The molecule has 2 aromatic carbocycles. The first-order valence-electron chi connectivity index (χ1n) is 16.7. The predicted octanol–water partition coefficient (Wildman–Crippen LogP) is 4.37. The van der Waals surface area contributed by atoms with Crippen LogP contribution in [0.3, 0.4) is 0 Å². The van der Waals surface area contributed by atoms with Crippen molar-refractivity contribution in [3.8, 4) is 34.3 Å². The van der Waals surface area contributed by atoms with Crippen LogP contribution in [0.25, 0.3) is 22.3 Å². The van der Waals surface area contributed by atoms with Crippen LogP contribution in [0.4, 0.5) is 5.95 Å². The van der Waals surface area contributed by atoms with Crippen molar-refractivity contribution in [2.75, 3.05) is 44.2 Å². The summed E-state index contributed by atoms with van der Waals surface area (Å²) in [4.78, 5) is 51.9. The van der Waals surface area contributed by atoms with E-state index in [1.54, 1.807) is 12.4 Å². The van der Waals surface area contributed by atoms with Crippen LogP contribution in [-0.2, 0) is 9.59 Å². The van der Waals surface area contributed by atoms with E-state index in [4.69, 9.17) is 4.42 Å². The van der Waals surface area contributed by atoms with Crippen LogP contribution in [0.2, 0.25) is 0 Å². The second-order valence-electron chi connectivity index (χ2n) is 13.1. The zero-order valence-corrected chi connectivity index (χ0v) is 27.3. The zero-order chi connectivity index (χ0) is 34.5. The molecule has 4 aromatic rings. The number of phenols is 4. The van der Waals surface area contributed by atoms with E-state index in [-0.39, 0.29) is 57.0 Å². The number of amides is 2. The highest BCUT2D eigenvalue weighted by Crippen LogP contribution is 2.47. The highest BCUT2D eigenvalue weighted by atomic mass is 16.3. The largest absolute Gasteiger partial charge is 0.508 e. The Kier molecular flexibility index (Phi) is 10.00. The van der Waals surface area contributed by atoms with Crippen LogP contribution < -0.4 is 10.3 Å². The molecule has 2 amide bonds. The molecule has 49 heavy (non-hydrogen) atoms. The van der Waals surface area contributed by atoms with E-state index >= 15 is 0 Å². The highest BCUT2D eigenvalue weighted by molar-refractivity contribution is 5.98. The lowest BCUT2D eigenvalue weighted by atomic mass is 9.76. The second kappa shape index (κ2) is 14.5. The molecular weight excluding hydrogens is 630 g/mol. The molecule has 0 unspecified atom stereocenters. The van der Waals surface area contributed by atoms with Gasteiger partial charge in [-0.15, -0.1) is 0 Å². The van der Waals surface area contributed by atoms with Gasteiger partial charge in [-0.2, -0.15) is 0 Å². The minimum atomic E-state index is -0.490. The molecule has 0 atom stereocenters. The molecule has 258 valence electrons. The molecule has 0 bridgehead atoms. The van der Waals surface area contributed by atoms with Crippen molar-refractivity contribution in [3.63, 3.8) is 0 Å². The normalized spacial score (nSPS) is 17.8. The molecule has 2 aromatic heterocycles. The summed E-state index contributed by atoms with van der Waals surface area (Å²) in [5.74, 6) is -0.194. The number of hydrogen-bond acceptors (Lipinski definition) is 12. The Bertz CT molecular complexity index is 1850. The van der Waals surface area contributed by atoms with Crippen molar-refractivity contribution >= 4 is 28.7 Å². The Morgan fingerprint density at radius 1 is 0.755 bits per heavy atom.